The average Bonchev–Trinajstić information content (AvgIpc) is 2.79. The average molecular weight is 437 g/mol. The third kappa shape index (κ3) is 4.77. The highest BCUT2D eigenvalue weighted by atomic mass is 16.5. The molecule has 0 bridgehead atoms. The molecule has 166 valence electrons. The van der Waals surface area contributed by atoms with E-state index in [1.54, 1.807) is 31.2 Å². The van der Waals surface area contributed by atoms with E-state index < -0.39 is 17.4 Å². The van der Waals surface area contributed by atoms with E-state index in [4.69, 9.17) is 14.2 Å². The Morgan fingerprint density at radius 1 is 1.03 bits per heavy atom. The van der Waals surface area contributed by atoms with Crippen LogP contribution in [0.15, 0.2) is 53.3 Å². The summed E-state index contributed by atoms with van der Waals surface area (Å²) < 4.78 is 16.5. The fraction of sp³-hybridized carbons (Fsp3) is 0.217. The molecule has 9 nitrogen and oxygen atoms in total. The van der Waals surface area contributed by atoms with E-state index in [2.05, 4.69) is 10.4 Å². The molecule has 1 aromatic heterocycles. The second kappa shape index (κ2) is 9.78. The standard InChI is InChI=1S/C23H23N3O6/c1-5-32-23(29)21-18(13-20(27)26(25-21)15-8-6-14(2)7-9-15)24-22(28)17-11-10-16(30-3)12-19(17)31-4/h6-13H,5H2,1-4H3,(H,24,28). The van der Waals surface area contributed by atoms with Gasteiger partial charge in [0.2, 0.25) is 0 Å². The number of methoxy groups -OCH3 is 2. The van der Waals surface area contributed by atoms with Gasteiger partial charge in [0.15, 0.2) is 5.69 Å². The van der Waals surface area contributed by atoms with Crippen LogP contribution in [0, 0.1) is 6.92 Å². The van der Waals surface area contributed by atoms with E-state index in [0.717, 1.165) is 16.3 Å². The molecule has 0 atom stereocenters. The Labute approximate surface area is 184 Å². The molecule has 32 heavy (non-hydrogen) atoms. The van der Waals surface area contributed by atoms with Crippen molar-refractivity contribution in [3.05, 3.63) is 75.7 Å². The zero-order valence-electron chi connectivity index (χ0n) is 18.2. The van der Waals surface area contributed by atoms with Crippen LogP contribution in [0.25, 0.3) is 5.69 Å². The molecule has 0 radical (unpaired) electrons. The predicted octanol–water partition coefficient (Wildman–Crippen LogP) is 2.99. The molecule has 0 saturated carbocycles. The van der Waals surface area contributed by atoms with E-state index in [1.165, 1.54) is 20.3 Å². The molecule has 1 N–H and O–H groups in total. The lowest BCUT2D eigenvalue weighted by molar-refractivity contribution is 0.0518. The van der Waals surface area contributed by atoms with Crippen molar-refractivity contribution in [2.75, 3.05) is 26.1 Å². The van der Waals surface area contributed by atoms with Crippen LogP contribution in [0.3, 0.4) is 0 Å². The molecule has 0 fully saturated rings. The molecule has 0 saturated heterocycles. The first-order valence-corrected chi connectivity index (χ1v) is 9.79. The Morgan fingerprint density at radius 2 is 1.75 bits per heavy atom. The second-order valence-electron chi connectivity index (χ2n) is 6.73. The van der Waals surface area contributed by atoms with Crippen molar-refractivity contribution in [3.63, 3.8) is 0 Å². The molecule has 0 aliphatic carbocycles. The molecule has 1 amide bonds. The molecule has 3 rings (SSSR count). The number of ether oxygens (including phenoxy) is 3. The summed E-state index contributed by atoms with van der Waals surface area (Å²) in [6.45, 7) is 3.66. The smallest absolute Gasteiger partial charge is 0.360 e. The number of aromatic nitrogens is 2. The first-order chi connectivity index (χ1) is 15.4. The fourth-order valence-electron chi connectivity index (χ4n) is 2.95. The van der Waals surface area contributed by atoms with Crippen LogP contribution in [0.1, 0.15) is 33.3 Å². The summed E-state index contributed by atoms with van der Waals surface area (Å²) in [6.07, 6.45) is 0. The lowest BCUT2D eigenvalue weighted by Crippen LogP contribution is -2.27. The number of esters is 1. The molecule has 9 heteroatoms. The number of hydrogen-bond donors (Lipinski definition) is 1. The molecule has 0 unspecified atom stereocenters. The van der Waals surface area contributed by atoms with Gasteiger partial charge in [0.1, 0.15) is 11.5 Å². The first-order valence-electron chi connectivity index (χ1n) is 9.79. The van der Waals surface area contributed by atoms with Crippen LogP contribution in [-0.2, 0) is 4.74 Å². The van der Waals surface area contributed by atoms with Gasteiger partial charge < -0.3 is 19.5 Å². The van der Waals surface area contributed by atoms with E-state index in [9.17, 15) is 14.4 Å². The van der Waals surface area contributed by atoms with Crippen LogP contribution in [0.4, 0.5) is 5.69 Å². The number of nitrogens with zero attached hydrogens (tertiary/aromatic N) is 2. The van der Waals surface area contributed by atoms with Crippen LogP contribution in [0.5, 0.6) is 11.5 Å². The summed E-state index contributed by atoms with van der Waals surface area (Å²) >= 11 is 0. The van der Waals surface area contributed by atoms with Crippen molar-refractivity contribution in [3.8, 4) is 17.2 Å². The number of carbonyl (C=O) groups excluding carboxylic acids is 2. The Hall–Kier alpha value is -4.14. The zero-order chi connectivity index (χ0) is 23.3. The zero-order valence-corrected chi connectivity index (χ0v) is 18.2. The monoisotopic (exact) mass is 437 g/mol. The van der Waals surface area contributed by atoms with Gasteiger partial charge in [-0.05, 0) is 38.1 Å². The molecule has 2 aromatic carbocycles. The minimum absolute atomic E-state index is 0.0697. The number of carbonyl (C=O) groups is 2. The maximum atomic E-state index is 12.9. The van der Waals surface area contributed by atoms with Gasteiger partial charge in [-0.1, -0.05) is 17.7 Å². The van der Waals surface area contributed by atoms with Crippen molar-refractivity contribution >= 4 is 17.6 Å². The van der Waals surface area contributed by atoms with E-state index >= 15 is 0 Å². The van der Waals surface area contributed by atoms with Crippen molar-refractivity contribution < 1.29 is 23.8 Å². The summed E-state index contributed by atoms with van der Waals surface area (Å²) in [5.74, 6) is -0.594. The second-order valence-corrected chi connectivity index (χ2v) is 6.73. The SMILES string of the molecule is CCOC(=O)c1nn(-c2ccc(C)cc2)c(=O)cc1NC(=O)c1ccc(OC)cc1OC. The normalized spacial score (nSPS) is 10.4. The maximum Gasteiger partial charge on any atom is 0.360 e. The number of aryl methyl sites for hydroxylation is 1. The number of hydrogen-bond acceptors (Lipinski definition) is 7. The molecule has 1 heterocycles. The third-order valence-electron chi connectivity index (χ3n) is 4.58. The molecular formula is C23H23N3O6. The predicted molar refractivity (Wildman–Crippen MR) is 118 cm³/mol. The summed E-state index contributed by atoms with van der Waals surface area (Å²) in [5.41, 5.74) is 0.864. The minimum Gasteiger partial charge on any atom is -0.497 e. The van der Waals surface area contributed by atoms with E-state index in [0.29, 0.717) is 11.4 Å². The Morgan fingerprint density at radius 3 is 2.38 bits per heavy atom. The van der Waals surface area contributed by atoms with Gasteiger partial charge in [0, 0.05) is 12.1 Å². The lowest BCUT2D eigenvalue weighted by Gasteiger charge is -2.14. The summed E-state index contributed by atoms with van der Waals surface area (Å²) in [7, 11) is 2.91. The van der Waals surface area contributed by atoms with Crippen LogP contribution in [-0.4, -0.2) is 42.5 Å². The summed E-state index contributed by atoms with van der Waals surface area (Å²) in [6, 6.07) is 12.8. The maximum absolute atomic E-state index is 12.9. The number of benzene rings is 2. The van der Waals surface area contributed by atoms with Gasteiger partial charge in [0.05, 0.1) is 37.8 Å². The molecule has 0 aliphatic heterocycles. The van der Waals surface area contributed by atoms with E-state index in [1.807, 2.05) is 19.1 Å². The Bertz CT molecular complexity index is 1200. The number of rotatable bonds is 7. The third-order valence-corrected chi connectivity index (χ3v) is 4.58. The number of anilines is 1. The minimum atomic E-state index is -0.773. The fourth-order valence-corrected chi connectivity index (χ4v) is 2.95. The van der Waals surface area contributed by atoms with Crippen LogP contribution in [0.2, 0.25) is 0 Å². The van der Waals surface area contributed by atoms with Crippen molar-refractivity contribution in [1.82, 2.24) is 9.78 Å². The molecule has 3 aromatic rings. The highest BCUT2D eigenvalue weighted by Crippen LogP contribution is 2.26. The topological polar surface area (TPSA) is 109 Å². The highest BCUT2D eigenvalue weighted by Gasteiger charge is 2.22. The van der Waals surface area contributed by atoms with Gasteiger partial charge in [-0.2, -0.15) is 9.78 Å². The van der Waals surface area contributed by atoms with Gasteiger partial charge in [0.25, 0.3) is 11.5 Å². The van der Waals surface area contributed by atoms with E-state index in [-0.39, 0.29) is 29.3 Å². The highest BCUT2D eigenvalue weighted by molar-refractivity contribution is 6.08. The lowest BCUT2D eigenvalue weighted by atomic mass is 10.1. The Kier molecular flexibility index (Phi) is 6.89. The molecular weight excluding hydrogens is 414 g/mol. The van der Waals surface area contributed by atoms with Gasteiger partial charge in [-0.15, -0.1) is 0 Å². The number of nitrogens with one attached hydrogen (secondary N) is 1. The van der Waals surface area contributed by atoms with Crippen molar-refractivity contribution in [2.45, 2.75) is 13.8 Å². The molecule has 0 spiro atoms. The van der Waals surface area contributed by atoms with Gasteiger partial charge in [-0.3, -0.25) is 9.59 Å². The van der Waals surface area contributed by atoms with Crippen molar-refractivity contribution in [1.29, 1.82) is 0 Å². The first kappa shape index (κ1) is 22.5. The quantitative estimate of drug-likeness (QED) is 0.566. The van der Waals surface area contributed by atoms with Gasteiger partial charge >= 0.3 is 5.97 Å². The van der Waals surface area contributed by atoms with Crippen LogP contribution >= 0.6 is 0 Å². The van der Waals surface area contributed by atoms with Gasteiger partial charge in [-0.25, -0.2) is 4.79 Å². The summed E-state index contributed by atoms with van der Waals surface area (Å²) in [5, 5.41) is 6.74. The summed E-state index contributed by atoms with van der Waals surface area (Å²) in [4.78, 5) is 38.2. The molecule has 0 aliphatic rings. The van der Waals surface area contributed by atoms with Crippen molar-refractivity contribution in [2.24, 2.45) is 0 Å². The van der Waals surface area contributed by atoms with Crippen LogP contribution < -0.4 is 20.3 Å². The number of amides is 1. The Balaban J connectivity index is 2.04. The largest absolute Gasteiger partial charge is 0.497 e.